The van der Waals surface area contributed by atoms with E-state index in [1.165, 1.54) is 89.2 Å². The molecule has 0 nitrogen and oxygen atoms in total. The highest BCUT2D eigenvalue weighted by molar-refractivity contribution is 5.17. The molecule has 2 heteroatoms. The van der Waals surface area contributed by atoms with Crippen LogP contribution in [0.15, 0.2) is 18.2 Å². The SMILES string of the molecule is Fc1ccc(CC[C@H]2CC[C@H]([C@H]3CC[C@H](C4CCCC4)CC3)CC2)cc1F. The van der Waals surface area contributed by atoms with Gasteiger partial charge < -0.3 is 0 Å². The molecule has 0 aliphatic heterocycles. The van der Waals surface area contributed by atoms with Crippen molar-refractivity contribution in [3.8, 4) is 0 Å². The molecule has 0 amide bonds. The van der Waals surface area contributed by atoms with Gasteiger partial charge in [0.05, 0.1) is 0 Å². The van der Waals surface area contributed by atoms with Gasteiger partial charge in [0, 0.05) is 0 Å². The molecule has 4 rings (SSSR count). The van der Waals surface area contributed by atoms with E-state index in [2.05, 4.69) is 0 Å². The predicted octanol–water partition coefficient (Wildman–Crippen LogP) is 7.70. The maximum absolute atomic E-state index is 13.4. The van der Waals surface area contributed by atoms with Crippen molar-refractivity contribution in [3.05, 3.63) is 35.4 Å². The van der Waals surface area contributed by atoms with Crippen molar-refractivity contribution in [2.24, 2.45) is 29.6 Å². The zero-order chi connectivity index (χ0) is 18.6. The van der Waals surface area contributed by atoms with Crippen molar-refractivity contribution < 1.29 is 8.78 Å². The van der Waals surface area contributed by atoms with Gasteiger partial charge >= 0.3 is 0 Å². The summed E-state index contributed by atoms with van der Waals surface area (Å²) in [7, 11) is 0. The van der Waals surface area contributed by atoms with Crippen LogP contribution in [0.2, 0.25) is 0 Å². The van der Waals surface area contributed by atoms with E-state index in [0.29, 0.717) is 0 Å². The third-order valence-electron chi connectivity index (χ3n) is 8.27. The first kappa shape index (κ1) is 19.4. The molecule has 0 bridgehead atoms. The minimum atomic E-state index is -0.734. The maximum atomic E-state index is 13.4. The molecule has 3 fully saturated rings. The molecule has 0 heterocycles. The highest BCUT2D eigenvalue weighted by Gasteiger charge is 2.33. The fraction of sp³-hybridized carbons (Fsp3) is 0.760. The molecule has 0 aromatic heterocycles. The van der Waals surface area contributed by atoms with Gasteiger partial charge in [-0.1, -0.05) is 44.6 Å². The van der Waals surface area contributed by atoms with Gasteiger partial charge in [-0.15, -0.1) is 0 Å². The third kappa shape index (κ3) is 4.93. The lowest BCUT2D eigenvalue weighted by atomic mass is 9.67. The van der Waals surface area contributed by atoms with Gasteiger partial charge in [0.1, 0.15) is 0 Å². The standard InChI is InChI=1S/C25H36F2/c26-24-16-9-19(17-25(24)27)6-5-18-7-10-21(11-8-18)23-14-12-22(13-15-23)20-3-1-2-4-20/h9,16-18,20-23H,1-8,10-15H2/t18-,21-,22-,23-. The third-order valence-corrected chi connectivity index (χ3v) is 8.27. The van der Waals surface area contributed by atoms with Crippen LogP contribution in [0.25, 0.3) is 0 Å². The molecule has 0 atom stereocenters. The Hall–Kier alpha value is -0.920. The molecule has 3 saturated carbocycles. The molecule has 1 aromatic carbocycles. The van der Waals surface area contributed by atoms with Crippen LogP contribution >= 0.6 is 0 Å². The molecule has 0 saturated heterocycles. The fourth-order valence-corrected chi connectivity index (χ4v) is 6.53. The fourth-order valence-electron chi connectivity index (χ4n) is 6.53. The Morgan fingerprint density at radius 3 is 1.70 bits per heavy atom. The average molecular weight is 375 g/mol. The van der Waals surface area contributed by atoms with Gasteiger partial charge in [0.25, 0.3) is 0 Å². The number of rotatable bonds is 5. The van der Waals surface area contributed by atoms with E-state index < -0.39 is 11.6 Å². The van der Waals surface area contributed by atoms with E-state index in [9.17, 15) is 8.78 Å². The average Bonchev–Trinajstić information content (AvgIpc) is 3.24. The molecule has 0 radical (unpaired) electrons. The highest BCUT2D eigenvalue weighted by Crippen LogP contribution is 2.46. The van der Waals surface area contributed by atoms with Crippen molar-refractivity contribution in [3.63, 3.8) is 0 Å². The van der Waals surface area contributed by atoms with Gasteiger partial charge in [-0.3, -0.25) is 0 Å². The van der Waals surface area contributed by atoms with Gasteiger partial charge in [0.15, 0.2) is 11.6 Å². The molecule has 3 aliphatic rings. The van der Waals surface area contributed by atoms with Crippen LogP contribution in [0.5, 0.6) is 0 Å². The van der Waals surface area contributed by atoms with Crippen LogP contribution in [0.4, 0.5) is 8.78 Å². The maximum Gasteiger partial charge on any atom is 0.159 e. The second kappa shape index (κ2) is 9.05. The first-order valence-electron chi connectivity index (χ1n) is 11.6. The molecule has 0 spiro atoms. The van der Waals surface area contributed by atoms with Crippen LogP contribution in [0.1, 0.15) is 89.0 Å². The van der Waals surface area contributed by atoms with Crippen LogP contribution in [0.3, 0.4) is 0 Å². The first-order valence-corrected chi connectivity index (χ1v) is 11.6. The van der Waals surface area contributed by atoms with Crippen molar-refractivity contribution in [1.29, 1.82) is 0 Å². The Kier molecular flexibility index (Phi) is 6.50. The summed E-state index contributed by atoms with van der Waals surface area (Å²) in [6.07, 6.45) is 19.5. The lowest BCUT2D eigenvalue weighted by Crippen LogP contribution is -2.27. The summed E-state index contributed by atoms with van der Waals surface area (Å²) in [6, 6.07) is 4.39. The summed E-state index contributed by atoms with van der Waals surface area (Å²) in [5.74, 6) is 3.42. The number of benzene rings is 1. The van der Waals surface area contributed by atoms with Gasteiger partial charge in [-0.05, 0) is 98.7 Å². The molecular weight excluding hydrogens is 338 g/mol. The smallest absolute Gasteiger partial charge is 0.159 e. The van der Waals surface area contributed by atoms with E-state index in [-0.39, 0.29) is 0 Å². The topological polar surface area (TPSA) is 0 Å². The van der Waals surface area contributed by atoms with E-state index in [4.69, 9.17) is 0 Å². The summed E-state index contributed by atoms with van der Waals surface area (Å²) in [5, 5.41) is 0. The summed E-state index contributed by atoms with van der Waals surface area (Å²) in [5.41, 5.74) is 0.946. The summed E-state index contributed by atoms with van der Waals surface area (Å²) < 4.78 is 26.4. The van der Waals surface area contributed by atoms with Crippen molar-refractivity contribution in [2.75, 3.05) is 0 Å². The highest BCUT2D eigenvalue weighted by atomic mass is 19.2. The van der Waals surface area contributed by atoms with E-state index in [0.717, 1.165) is 48.0 Å². The van der Waals surface area contributed by atoms with E-state index in [1.807, 2.05) is 0 Å². The minimum Gasteiger partial charge on any atom is -0.204 e. The lowest BCUT2D eigenvalue weighted by Gasteiger charge is -2.39. The largest absolute Gasteiger partial charge is 0.204 e. The molecule has 150 valence electrons. The molecule has 27 heavy (non-hydrogen) atoms. The van der Waals surface area contributed by atoms with Crippen molar-refractivity contribution in [2.45, 2.75) is 89.9 Å². The van der Waals surface area contributed by atoms with Crippen LogP contribution < -0.4 is 0 Å². The molecular formula is C25H36F2. The Bertz CT molecular complexity index is 588. The Labute approximate surface area is 164 Å². The van der Waals surface area contributed by atoms with E-state index >= 15 is 0 Å². The summed E-state index contributed by atoms with van der Waals surface area (Å²) >= 11 is 0. The number of aryl methyl sites for hydroxylation is 1. The Morgan fingerprint density at radius 2 is 1.15 bits per heavy atom. The van der Waals surface area contributed by atoms with Gasteiger partial charge in [-0.2, -0.15) is 0 Å². The number of hydrogen-bond donors (Lipinski definition) is 0. The molecule has 3 aliphatic carbocycles. The zero-order valence-electron chi connectivity index (χ0n) is 16.8. The predicted molar refractivity (Wildman–Crippen MR) is 108 cm³/mol. The minimum absolute atomic E-state index is 0.704. The van der Waals surface area contributed by atoms with Crippen LogP contribution in [0, 0.1) is 41.2 Å². The van der Waals surface area contributed by atoms with Crippen LogP contribution in [-0.4, -0.2) is 0 Å². The zero-order valence-corrected chi connectivity index (χ0v) is 16.8. The van der Waals surface area contributed by atoms with Gasteiger partial charge in [0.2, 0.25) is 0 Å². The lowest BCUT2D eigenvalue weighted by molar-refractivity contribution is 0.124. The number of halogens is 2. The van der Waals surface area contributed by atoms with Crippen molar-refractivity contribution >= 4 is 0 Å². The quantitative estimate of drug-likeness (QED) is 0.495. The molecule has 0 N–H and O–H groups in total. The molecule has 0 unspecified atom stereocenters. The Balaban J connectivity index is 1.17. The summed E-state index contributed by atoms with van der Waals surface area (Å²) in [6.45, 7) is 0. The van der Waals surface area contributed by atoms with Gasteiger partial charge in [-0.25, -0.2) is 8.78 Å². The Morgan fingerprint density at radius 1 is 0.630 bits per heavy atom. The van der Waals surface area contributed by atoms with E-state index in [1.54, 1.807) is 6.07 Å². The second-order valence-corrected chi connectivity index (χ2v) is 9.79. The molecule has 1 aromatic rings. The monoisotopic (exact) mass is 374 g/mol. The normalized spacial score (nSPS) is 32.7. The first-order chi connectivity index (χ1) is 13.2. The second-order valence-electron chi connectivity index (χ2n) is 9.79. The van der Waals surface area contributed by atoms with Crippen LogP contribution in [-0.2, 0) is 6.42 Å². The van der Waals surface area contributed by atoms with Crippen molar-refractivity contribution in [1.82, 2.24) is 0 Å². The number of hydrogen-bond acceptors (Lipinski definition) is 0. The summed E-state index contributed by atoms with van der Waals surface area (Å²) in [4.78, 5) is 0.